The number of hydrogen-bond acceptors (Lipinski definition) is 4. The Morgan fingerprint density at radius 2 is 2.09 bits per heavy atom. The lowest BCUT2D eigenvalue weighted by atomic mass is 9.76. The fraction of sp³-hybridized carbons (Fsp3) is 0.389. The lowest BCUT2D eigenvalue weighted by Crippen LogP contribution is -2.29. The summed E-state index contributed by atoms with van der Waals surface area (Å²) >= 11 is 0. The van der Waals surface area contributed by atoms with Gasteiger partial charge in [0.2, 0.25) is 0 Å². The number of aromatic amines is 1. The fourth-order valence-electron chi connectivity index (χ4n) is 2.99. The van der Waals surface area contributed by atoms with Gasteiger partial charge >= 0.3 is 0 Å². The summed E-state index contributed by atoms with van der Waals surface area (Å²) < 4.78 is 5.89. The van der Waals surface area contributed by atoms with Crippen molar-refractivity contribution in [2.24, 2.45) is 5.41 Å². The van der Waals surface area contributed by atoms with Crippen LogP contribution in [0.4, 0.5) is 0 Å². The number of ether oxygens (including phenoxy) is 1. The van der Waals surface area contributed by atoms with E-state index in [1.165, 1.54) is 18.7 Å². The Labute approximate surface area is 135 Å². The van der Waals surface area contributed by atoms with E-state index in [0.29, 0.717) is 18.2 Å². The molecule has 1 aliphatic carbocycles. The molecule has 3 rings (SSSR count). The molecule has 0 bridgehead atoms. The van der Waals surface area contributed by atoms with Crippen LogP contribution in [0, 0.1) is 16.7 Å². The first-order valence-corrected chi connectivity index (χ1v) is 7.91. The molecule has 23 heavy (non-hydrogen) atoms. The van der Waals surface area contributed by atoms with Crippen LogP contribution >= 0.6 is 0 Å². The van der Waals surface area contributed by atoms with E-state index in [1.807, 2.05) is 24.3 Å². The van der Waals surface area contributed by atoms with E-state index >= 15 is 0 Å². The van der Waals surface area contributed by atoms with Crippen LogP contribution in [-0.4, -0.2) is 16.6 Å². The monoisotopic (exact) mass is 309 g/mol. The van der Waals surface area contributed by atoms with E-state index in [-0.39, 0.29) is 11.0 Å². The molecule has 118 valence electrons. The standard InChI is InChI=1S/C18H19N3O2/c19-12-18(8-2-1-3-9-18)13-23-15-6-4-5-14(11-15)17-20-10-7-16(22)21-17/h4-7,10-11H,1-3,8-9,13H2,(H,20,21,22). The largest absolute Gasteiger partial charge is 0.492 e. The van der Waals surface area contributed by atoms with Crippen molar-refractivity contribution in [1.82, 2.24) is 9.97 Å². The number of nitrogens with one attached hydrogen (secondary N) is 1. The van der Waals surface area contributed by atoms with E-state index < -0.39 is 0 Å². The van der Waals surface area contributed by atoms with Gasteiger partial charge in [0.25, 0.3) is 5.56 Å². The van der Waals surface area contributed by atoms with Gasteiger partial charge < -0.3 is 9.72 Å². The molecule has 0 radical (unpaired) electrons. The minimum atomic E-state index is -0.367. The maximum Gasteiger partial charge on any atom is 0.251 e. The van der Waals surface area contributed by atoms with Gasteiger partial charge in [0.15, 0.2) is 0 Å². The zero-order chi connectivity index (χ0) is 16.1. The third-order valence-electron chi connectivity index (χ3n) is 4.34. The van der Waals surface area contributed by atoms with Crippen LogP contribution in [0.25, 0.3) is 11.4 Å². The number of hydrogen-bond donors (Lipinski definition) is 1. The van der Waals surface area contributed by atoms with E-state index in [0.717, 1.165) is 31.2 Å². The molecule has 0 atom stereocenters. The highest BCUT2D eigenvalue weighted by Crippen LogP contribution is 2.36. The molecule has 5 heteroatoms. The van der Waals surface area contributed by atoms with E-state index in [4.69, 9.17) is 4.74 Å². The van der Waals surface area contributed by atoms with Gasteiger partial charge in [0.1, 0.15) is 18.2 Å². The minimum Gasteiger partial charge on any atom is -0.492 e. The van der Waals surface area contributed by atoms with E-state index in [2.05, 4.69) is 16.0 Å². The van der Waals surface area contributed by atoms with Gasteiger partial charge in [-0.05, 0) is 25.0 Å². The van der Waals surface area contributed by atoms with Crippen molar-refractivity contribution in [3.8, 4) is 23.2 Å². The van der Waals surface area contributed by atoms with Gasteiger partial charge in [-0.15, -0.1) is 0 Å². The SMILES string of the molecule is N#CC1(COc2cccc(-c3nccc(=O)[nH]3)c2)CCCCC1. The average Bonchev–Trinajstić information content (AvgIpc) is 2.61. The molecule has 1 aromatic carbocycles. The molecule has 1 aromatic heterocycles. The van der Waals surface area contributed by atoms with Crippen molar-refractivity contribution >= 4 is 0 Å². The number of rotatable bonds is 4. The van der Waals surface area contributed by atoms with Crippen LogP contribution in [0.15, 0.2) is 41.3 Å². The zero-order valence-electron chi connectivity index (χ0n) is 12.9. The van der Waals surface area contributed by atoms with Crippen molar-refractivity contribution in [2.45, 2.75) is 32.1 Å². The molecular formula is C18H19N3O2. The van der Waals surface area contributed by atoms with Crippen molar-refractivity contribution in [2.75, 3.05) is 6.61 Å². The predicted molar refractivity (Wildman–Crippen MR) is 86.9 cm³/mol. The lowest BCUT2D eigenvalue weighted by molar-refractivity contribution is 0.150. The summed E-state index contributed by atoms with van der Waals surface area (Å²) in [6, 6.07) is 11.3. The van der Waals surface area contributed by atoms with Crippen LogP contribution in [0.3, 0.4) is 0 Å². The second-order valence-corrected chi connectivity index (χ2v) is 6.05. The third kappa shape index (κ3) is 3.59. The normalized spacial score (nSPS) is 16.5. The molecule has 0 amide bonds. The Morgan fingerprint density at radius 3 is 2.83 bits per heavy atom. The second kappa shape index (κ2) is 6.66. The van der Waals surface area contributed by atoms with Crippen LogP contribution in [0.1, 0.15) is 32.1 Å². The second-order valence-electron chi connectivity index (χ2n) is 6.05. The predicted octanol–water partition coefficient (Wildman–Crippen LogP) is 3.29. The first-order chi connectivity index (χ1) is 11.2. The number of H-pyrrole nitrogens is 1. The molecule has 0 unspecified atom stereocenters. The van der Waals surface area contributed by atoms with E-state index in [9.17, 15) is 10.1 Å². The fourth-order valence-corrected chi connectivity index (χ4v) is 2.99. The van der Waals surface area contributed by atoms with Gasteiger partial charge in [-0.25, -0.2) is 4.98 Å². The summed E-state index contributed by atoms with van der Waals surface area (Å²) in [4.78, 5) is 18.3. The smallest absolute Gasteiger partial charge is 0.251 e. The highest BCUT2D eigenvalue weighted by atomic mass is 16.5. The van der Waals surface area contributed by atoms with Gasteiger partial charge in [-0.1, -0.05) is 31.4 Å². The number of benzene rings is 1. The van der Waals surface area contributed by atoms with Crippen LogP contribution in [0.5, 0.6) is 5.75 Å². The van der Waals surface area contributed by atoms with Crippen LogP contribution in [-0.2, 0) is 0 Å². The molecule has 1 heterocycles. The quantitative estimate of drug-likeness (QED) is 0.940. The molecule has 1 aliphatic rings. The van der Waals surface area contributed by atoms with Gasteiger partial charge in [0.05, 0.1) is 11.5 Å². The zero-order valence-corrected chi connectivity index (χ0v) is 12.9. The molecule has 0 saturated heterocycles. The van der Waals surface area contributed by atoms with Crippen molar-refractivity contribution in [1.29, 1.82) is 5.26 Å². The van der Waals surface area contributed by atoms with Crippen molar-refractivity contribution < 1.29 is 4.74 Å². The molecule has 0 spiro atoms. The van der Waals surface area contributed by atoms with Crippen molar-refractivity contribution in [3.63, 3.8) is 0 Å². The lowest BCUT2D eigenvalue weighted by Gasteiger charge is -2.30. The minimum absolute atomic E-state index is 0.188. The number of aromatic nitrogens is 2. The molecule has 2 aromatic rings. The Balaban J connectivity index is 1.75. The van der Waals surface area contributed by atoms with Crippen LogP contribution < -0.4 is 10.3 Å². The first-order valence-electron chi connectivity index (χ1n) is 7.91. The summed E-state index contributed by atoms with van der Waals surface area (Å²) in [5.74, 6) is 1.20. The molecular weight excluding hydrogens is 290 g/mol. The molecule has 1 N–H and O–H groups in total. The van der Waals surface area contributed by atoms with Crippen molar-refractivity contribution in [3.05, 3.63) is 46.9 Å². The molecule has 5 nitrogen and oxygen atoms in total. The van der Waals surface area contributed by atoms with Gasteiger partial charge in [-0.3, -0.25) is 4.79 Å². The maximum atomic E-state index is 11.4. The Hall–Kier alpha value is -2.61. The summed E-state index contributed by atoms with van der Waals surface area (Å²) in [5, 5.41) is 9.50. The maximum absolute atomic E-state index is 11.4. The average molecular weight is 309 g/mol. The summed E-state index contributed by atoms with van der Waals surface area (Å²) in [7, 11) is 0. The Morgan fingerprint density at radius 1 is 1.26 bits per heavy atom. The molecule has 1 fully saturated rings. The van der Waals surface area contributed by atoms with Gasteiger partial charge in [-0.2, -0.15) is 5.26 Å². The number of nitrogens with zero attached hydrogens (tertiary/aromatic N) is 2. The van der Waals surface area contributed by atoms with Gasteiger partial charge in [0, 0.05) is 17.8 Å². The summed E-state index contributed by atoms with van der Waals surface area (Å²) in [5.41, 5.74) is 0.231. The van der Waals surface area contributed by atoms with Crippen LogP contribution in [0.2, 0.25) is 0 Å². The topological polar surface area (TPSA) is 78.8 Å². The van der Waals surface area contributed by atoms with E-state index in [1.54, 1.807) is 0 Å². The summed E-state index contributed by atoms with van der Waals surface area (Å²) in [6.07, 6.45) is 6.66. The highest BCUT2D eigenvalue weighted by molar-refractivity contribution is 5.56. The highest BCUT2D eigenvalue weighted by Gasteiger charge is 2.33. The molecule has 1 saturated carbocycles. The Bertz CT molecular complexity index is 770. The number of nitriles is 1. The Kier molecular flexibility index (Phi) is 4.42. The third-order valence-corrected chi connectivity index (χ3v) is 4.34. The molecule has 0 aliphatic heterocycles. The first kappa shape index (κ1) is 15.3. The summed E-state index contributed by atoms with van der Waals surface area (Å²) in [6.45, 7) is 0.408.